The Morgan fingerprint density at radius 2 is 1.78 bits per heavy atom. The molecule has 0 aliphatic carbocycles. The normalized spacial score (nSPS) is 13.4. The topological polar surface area (TPSA) is 69.4 Å². The van der Waals surface area contributed by atoms with Gasteiger partial charge in [-0.2, -0.15) is 0 Å². The molecule has 0 bridgehead atoms. The highest BCUT2D eigenvalue weighted by Crippen LogP contribution is 2.35. The van der Waals surface area contributed by atoms with Gasteiger partial charge in [-0.15, -0.1) is 0 Å². The highest BCUT2D eigenvalue weighted by molar-refractivity contribution is 7.89. The fourth-order valence-electron chi connectivity index (χ4n) is 1.34. The van der Waals surface area contributed by atoms with Crippen LogP contribution in [0.15, 0.2) is 12.1 Å². The van der Waals surface area contributed by atoms with Crippen LogP contribution in [0.5, 0.6) is 5.75 Å². The Balaban J connectivity index is 2.70. The number of benzene rings is 1. The summed E-state index contributed by atoms with van der Waals surface area (Å²) in [6.07, 6.45) is 0. The summed E-state index contributed by atoms with van der Waals surface area (Å²) in [6, 6.07) is 2.99. The van der Waals surface area contributed by atoms with E-state index >= 15 is 0 Å². The lowest BCUT2D eigenvalue weighted by atomic mass is 10.2. The Morgan fingerprint density at radius 3 is 2.22 bits per heavy atom. The van der Waals surface area contributed by atoms with Crippen LogP contribution in [0.2, 0.25) is 15.1 Å². The minimum absolute atomic E-state index is 0.136. The second kappa shape index (κ2) is 6.30. The van der Waals surface area contributed by atoms with E-state index in [0.29, 0.717) is 5.02 Å². The number of hydrogen-bond acceptors (Lipinski definition) is 3. The number of rotatable bonds is 5. The molecule has 1 aromatic rings. The van der Waals surface area contributed by atoms with E-state index in [0.717, 1.165) is 0 Å². The van der Waals surface area contributed by atoms with Crippen LogP contribution in [0.1, 0.15) is 6.92 Å². The number of hydrogen-bond donors (Lipinski definition) is 1. The predicted molar refractivity (Wildman–Crippen MR) is 74.1 cm³/mol. The van der Waals surface area contributed by atoms with Gasteiger partial charge in [0.05, 0.1) is 22.4 Å². The summed E-state index contributed by atoms with van der Waals surface area (Å²) in [7, 11) is -3.52. The lowest BCUT2D eigenvalue weighted by Gasteiger charge is -2.14. The van der Waals surface area contributed by atoms with Crippen molar-refractivity contribution < 1.29 is 13.2 Å². The molecule has 0 saturated carbocycles. The van der Waals surface area contributed by atoms with Gasteiger partial charge in [0.15, 0.2) is 5.75 Å². The number of nitrogens with two attached hydrogens (primary N) is 1. The third-order valence-electron chi connectivity index (χ3n) is 1.99. The van der Waals surface area contributed by atoms with Crippen molar-refractivity contribution in [2.75, 3.05) is 12.4 Å². The van der Waals surface area contributed by atoms with Crippen molar-refractivity contribution in [3.63, 3.8) is 0 Å². The van der Waals surface area contributed by atoms with Gasteiger partial charge in [0, 0.05) is 10.9 Å². The zero-order chi connectivity index (χ0) is 13.9. The van der Waals surface area contributed by atoms with Crippen molar-refractivity contribution in [3.05, 3.63) is 27.2 Å². The third-order valence-corrected chi connectivity index (χ3v) is 3.81. The summed E-state index contributed by atoms with van der Waals surface area (Å²) in [5.74, 6) is -0.164. The molecule has 4 nitrogen and oxygen atoms in total. The first-order chi connectivity index (χ1) is 8.19. The minimum Gasteiger partial charge on any atom is -0.490 e. The Bertz CT molecular complexity index is 510. The molecule has 8 heteroatoms. The summed E-state index contributed by atoms with van der Waals surface area (Å²) in [4.78, 5) is 0. The van der Waals surface area contributed by atoms with Crippen molar-refractivity contribution in [2.24, 2.45) is 11.1 Å². The molecular weight excluding hydrogens is 321 g/mol. The van der Waals surface area contributed by atoms with E-state index in [1.807, 2.05) is 0 Å². The van der Waals surface area contributed by atoms with E-state index in [4.69, 9.17) is 44.7 Å². The highest BCUT2D eigenvalue weighted by Gasteiger charge is 2.14. The van der Waals surface area contributed by atoms with Crippen LogP contribution in [0.25, 0.3) is 0 Å². The summed E-state index contributed by atoms with van der Waals surface area (Å²) in [6.45, 7) is 1.83. The van der Waals surface area contributed by atoms with Gasteiger partial charge < -0.3 is 4.74 Å². The Kier molecular flexibility index (Phi) is 5.55. The first kappa shape index (κ1) is 15.9. The monoisotopic (exact) mass is 331 g/mol. The fraction of sp³-hybridized carbons (Fsp3) is 0.400. The van der Waals surface area contributed by atoms with Crippen LogP contribution in [-0.4, -0.2) is 20.8 Å². The molecule has 2 N–H and O–H groups in total. The molecule has 0 aliphatic heterocycles. The van der Waals surface area contributed by atoms with E-state index in [2.05, 4.69) is 0 Å². The van der Waals surface area contributed by atoms with Crippen LogP contribution in [0.3, 0.4) is 0 Å². The van der Waals surface area contributed by atoms with Gasteiger partial charge in [-0.3, -0.25) is 0 Å². The highest BCUT2D eigenvalue weighted by atomic mass is 35.5. The van der Waals surface area contributed by atoms with E-state index in [-0.39, 0.29) is 34.1 Å². The molecule has 1 aromatic carbocycles. The fourth-order valence-corrected chi connectivity index (χ4v) is 3.15. The van der Waals surface area contributed by atoms with Crippen molar-refractivity contribution in [3.8, 4) is 5.75 Å². The summed E-state index contributed by atoms with van der Waals surface area (Å²) in [5.41, 5.74) is 0. The number of halogens is 3. The second-order valence-corrected chi connectivity index (χ2v) is 6.85. The molecule has 18 heavy (non-hydrogen) atoms. The number of sulfonamides is 1. The van der Waals surface area contributed by atoms with Crippen molar-refractivity contribution in [1.29, 1.82) is 0 Å². The first-order valence-electron chi connectivity index (χ1n) is 4.97. The molecule has 102 valence electrons. The summed E-state index contributed by atoms with van der Waals surface area (Å²) < 4.78 is 27.2. The van der Waals surface area contributed by atoms with Crippen molar-refractivity contribution >= 4 is 44.8 Å². The Labute approximate surface area is 121 Å². The number of primary sulfonamides is 1. The predicted octanol–water partition coefficient (Wildman–Crippen LogP) is 2.95. The van der Waals surface area contributed by atoms with Gasteiger partial charge in [0.1, 0.15) is 0 Å². The molecule has 1 unspecified atom stereocenters. The molecule has 0 saturated heterocycles. The molecule has 1 rings (SSSR count). The third kappa shape index (κ3) is 5.20. The molecule has 0 amide bonds. The molecule has 0 radical (unpaired) electrons. The summed E-state index contributed by atoms with van der Waals surface area (Å²) in [5, 5.41) is 5.88. The molecule has 0 aliphatic rings. The van der Waals surface area contributed by atoms with E-state index < -0.39 is 10.0 Å². The maximum Gasteiger partial charge on any atom is 0.209 e. The Hall–Kier alpha value is -0.200. The van der Waals surface area contributed by atoms with Crippen LogP contribution in [0, 0.1) is 5.92 Å². The van der Waals surface area contributed by atoms with Gasteiger partial charge >= 0.3 is 0 Å². The van der Waals surface area contributed by atoms with E-state index in [9.17, 15) is 8.42 Å². The zero-order valence-corrected chi connectivity index (χ0v) is 12.6. The SMILES string of the molecule is CC(COc1c(Cl)cc(Cl)cc1Cl)CS(N)(=O)=O. The van der Waals surface area contributed by atoms with Crippen LogP contribution >= 0.6 is 34.8 Å². The van der Waals surface area contributed by atoms with Gasteiger partial charge in [0.25, 0.3) is 0 Å². The molecule has 0 spiro atoms. The number of ether oxygens (including phenoxy) is 1. The Morgan fingerprint density at radius 1 is 1.28 bits per heavy atom. The zero-order valence-electron chi connectivity index (χ0n) is 9.49. The van der Waals surface area contributed by atoms with Crippen LogP contribution in [0.4, 0.5) is 0 Å². The maximum atomic E-state index is 10.9. The van der Waals surface area contributed by atoms with Gasteiger partial charge in [-0.25, -0.2) is 13.6 Å². The van der Waals surface area contributed by atoms with E-state index in [1.165, 1.54) is 12.1 Å². The van der Waals surface area contributed by atoms with Crippen LogP contribution in [-0.2, 0) is 10.0 Å². The van der Waals surface area contributed by atoms with Crippen LogP contribution < -0.4 is 9.88 Å². The molecule has 1 atom stereocenters. The molecule has 0 heterocycles. The summed E-state index contributed by atoms with van der Waals surface area (Å²) >= 11 is 17.6. The van der Waals surface area contributed by atoms with Gasteiger partial charge in [-0.05, 0) is 12.1 Å². The van der Waals surface area contributed by atoms with Gasteiger partial charge in [-0.1, -0.05) is 41.7 Å². The second-order valence-electron chi connectivity index (χ2n) is 3.94. The lowest BCUT2D eigenvalue weighted by Crippen LogP contribution is -2.25. The standard InChI is InChI=1S/C10H12Cl3NO3S/c1-6(5-18(14,15)16)4-17-10-8(12)2-7(11)3-9(10)13/h2-3,6H,4-5H2,1H3,(H2,14,15,16). The lowest BCUT2D eigenvalue weighted by molar-refractivity contribution is 0.272. The minimum atomic E-state index is -3.52. The quantitative estimate of drug-likeness (QED) is 0.901. The van der Waals surface area contributed by atoms with E-state index in [1.54, 1.807) is 6.92 Å². The molecular formula is C10H12Cl3NO3S. The molecule has 0 fully saturated rings. The first-order valence-corrected chi connectivity index (χ1v) is 7.82. The average Bonchev–Trinajstić information content (AvgIpc) is 2.12. The molecule has 0 aromatic heterocycles. The van der Waals surface area contributed by atoms with Gasteiger partial charge in [0.2, 0.25) is 10.0 Å². The van der Waals surface area contributed by atoms with Crippen molar-refractivity contribution in [2.45, 2.75) is 6.92 Å². The maximum absolute atomic E-state index is 10.9. The smallest absolute Gasteiger partial charge is 0.209 e. The van der Waals surface area contributed by atoms with Crippen molar-refractivity contribution in [1.82, 2.24) is 0 Å². The average molecular weight is 333 g/mol. The largest absolute Gasteiger partial charge is 0.490 e.